The molecule has 2 aromatic heterocycles. The van der Waals surface area contributed by atoms with Gasteiger partial charge in [-0.2, -0.15) is 0 Å². The Balaban J connectivity index is 0.000000980. The van der Waals surface area contributed by atoms with Gasteiger partial charge in [-0.25, -0.2) is 9.97 Å². The lowest BCUT2D eigenvalue weighted by molar-refractivity contribution is 0.187. The predicted octanol–water partition coefficient (Wildman–Crippen LogP) is 3.61. The second-order valence-electron chi connectivity index (χ2n) is 7.43. The highest BCUT2D eigenvalue weighted by Gasteiger charge is 2.43. The number of fused-ring (bicyclic) bond motifs is 4. The molecular weight excluding hydrogens is 389 g/mol. The van der Waals surface area contributed by atoms with E-state index in [0.717, 1.165) is 36.7 Å². The molecule has 0 aliphatic carbocycles. The first kappa shape index (κ1) is 20.1. The number of nitrogens with zero attached hydrogens (tertiary/aromatic N) is 3. The minimum atomic E-state index is 0. The van der Waals surface area contributed by atoms with Gasteiger partial charge in [0.25, 0.3) is 0 Å². The van der Waals surface area contributed by atoms with Crippen LogP contribution in [0.2, 0.25) is 0 Å². The number of hydrogen-bond donors (Lipinski definition) is 2. The molecule has 0 spiro atoms. The third-order valence-electron chi connectivity index (χ3n) is 6.20. The maximum Gasteiger partial charge on any atom is 0.138 e. The highest BCUT2D eigenvalue weighted by Crippen LogP contribution is 2.41. The van der Waals surface area contributed by atoms with E-state index in [9.17, 15) is 0 Å². The number of rotatable bonds is 4. The first-order chi connectivity index (χ1) is 11.9. The summed E-state index contributed by atoms with van der Waals surface area (Å²) in [4.78, 5) is 14.4. The van der Waals surface area contributed by atoms with E-state index in [0.29, 0.717) is 5.54 Å². The van der Waals surface area contributed by atoms with Crippen molar-refractivity contribution in [2.75, 3.05) is 31.5 Å². The molecule has 2 aromatic rings. The molecule has 0 radical (unpaired) electrons. The zero-order valence-corrected chi connectivity index (χ0v) is 17.4. The van der Waals surface area contributed by atoms with Crippen LogP contribution in [0.5, 0.6) is 0 Å². The maximum atomic E-state index is 4.58. The summed E-state index contributed by atoms with van der Waals surface area (Å²) in [6.45, 7) is 5.68. The number of thiophene rings is 1. The number of hydrogen-bond acceptors (Lipinski definition) is 6. The maximum absolute atomic E-state index is 4.58. The van der Waals surface area contributed by atoms with Crippen LogP contribution in [0.25, 0.3) is 10.2 Å². The van der Waals surface area contributed by atoms with E-state index < -0.39 is 0 Å². The average molecular weight is 416 g/mol. The van der Waals surface area contributed by atoms with Crippen LogP contribution in [-0.4, -0.2) is 46.6 Å². The number of aromatic nitrogens is 2. The molecule has 0 saturated carbocycles. The van der Waals surface area contributed by atoms with E-state index in [4.69, 9.17) is 0 Å². The van der Waals surface area contributed by atoms with Crippen molar-refractivity contribution in [2.45, 2.75) is 50.6 Å². The summed E-state index contributed by atoms with van der Waals surface area (Å²) in [5.74, 6) is 1.05. The van der Waals surface area contributed by atoms with Gasteiger partial charge in [0.2, 0.25) is 0 Å². The molecule has 5 nitrogen and oxygen atoms in total. The normalized spacial score (nSPS) is 20.9. The van der Waals surface area contributed by atoms with E-state index in [1.54, 1.807) is 6.33 Å². The third-order valence-corrected chi connectivity index (χ3v) is 7.34. The SMILES string of the molecule is Cl.Cl.c1nc(NCCC23CCCN2CCC3)c2c3c(sc2n1)CNCC3. The lowest BCUT2D eigenvalue weighted by atomic mass is 9.90. The minimum absolute atomic E-state index is 0. The highest BCUT2D eigenvalue weighted by molar-refractivity contribution is 7.18. The van der Waals surface area contributed by atoms with Crippen molar-refractivity contribution in [3.8, 4) is 0 Å². The molecule has 3 aliphatic heterocycles. The molecule has 0 unspecified atom stereocenters. The van der Waals surface area contributed by atoms with Crippen LogP contribution in [0, 0.1) is 0 Å². The van der Waals surface area contributed by atoms with E-state index in [1.807, 2.05) is 11.3 Å². The molecule has 26 heavy (non-hydrogen) atoms. The second kappa shape index (κ2) is 8.15. The fraction of sp³-hybridized carbons (Fsp3) is 0.667. The molecule has 8 heteroatoms. The standard InChI is InChI=1S/C18H25N5S.2ClH/c1-4-18(5-2-10-23(18)9-1)6-8-20-16-15-13-3-7-19-11-14(13)24-17(15)22-12-21-16;;/h12,19H,1-11H2,(H,20,21,22);2*1H. The quantitative estimate of drug-likeness (QED) is 0.798. The third kappa shape index (κ3) is 3.31. The van der Waals surface area contributed by atoms with Gasteiger partial charge < -0.3 is 10.6 Å². The molecule has 2 saturated heterocycles. The molecule has 0 bridgehead atoms. The zero-order valence-electron chi connectivity index (χ0n) is 14.9. The van der Waals surface area contributed by atoms with Gasteiger partial charge in [0.05, 0.1) is 5.39 Å². The molecular formula is C18H27Cl2N5S. The van der Waals surface area contributed by atoms with Gasteiger partial charge in [-0.3, -0.25) is 4.90 Å². The molecule has 0 atom stereocenters. The van der Waals surface area contributed by atoms with Gasteiger partial charge in [-0.15, -0.1) is 36.2 Å². The van der Waals surface area contributed by atoms with Gasteiger partial charge >= 0.3 is 0 Å². The van der Waals surface area contributed by atoms with Gasteiger partial charge in [0.15, 0.2) is 0 Å². The van der Waals surface area contributed by atoms with Crippen molar-refractivity contribution < 1.29 is 0 Å². The molecule has 144 valence electrons. The van der Waals surface area contributed by atoms with Gasteiger partial charge in [0, 0.05) is 23.5 Å². The largest absolute Gasteiger partial charge is 0.369 e. The van der Waals surface area contributed by atoms with Crippen molar-refractivity contribution in [3.05, 3.63) is 16.8 Å². The Labute approximate surface area is 171 Å². The molecule has 0 aromatic carbocycles. The van der Waals surface area contributed by atoms with E-state index >= 15 is 0 Å². The average Bonchev–Trinajstić information content (AvgIpc) is 3.26. The van der Waals surface area contributed by atoms with Crippen molar-refractivity contribution in [2.24, 2.45) is 0 Å². The summed E-state index contributed by atoms with van der Waals surface area (Å²) < 4.78 is 0. The Morgan fingerprint density at radius 3 is 2.81 bits per heavy atom. The molecule has 0 amide bonds. The summed E-state index contributed by atoms with van der Waals surface area (Å²) >= 11 is 1.82. The Kier molecular flexibility index (Phi) is 6.29. The van der Waals surface area contributed by atoms with Crippen LogP contribution >= 0.6 is 36.2 Å². The fourth-order valence-electron chi connectivity index (χ4n) is 5.04. The lowest BCUT2D eigenvalue weighted by Crippen LogP contribution is -2.39. The first-order valence-corrected chi connectivity index (χ1v) is 10.1. The second-order valence-corrected chi connectivity index (χ2v) is 8.51. The van der Waals surface area contributed by atoms with Crippen LogP contribution in [0.1, 0.15) is 42.5 Å². The minimum Gasteiger partial charge on any atom is -0.369 e. The number of anilines is 1. The van der Waals surface area contributed by atoms with Gasteiger partial charge in [-0.05, 0) is 63.7 Å². The molecule has 3 aliphatic rings. The van der Waals surface area contributed by atoms with Gasteiger partial charge in [0.1, 0.15) is 17.0 Å². The first-order valence-electron chi connectivity index (χ1n) is 9.31. The monoisotopic (exact) mass is 415 g/mol. The fourth-order valence-corrected chi connectivity index (χ4v) is 6.20. The van der Waals surface area contributed by atoms with Gasteiger partial charge in [-0.1, -0.05) is 0 Å². The molecule has 2 fully saturated rings. The van der Waals surface area contributed by atoms with Crippen molar-refractivity contribution >= 4 is 52.2 Å². The van der Waals surface area contributed by atoms with Crippen molar-refractivity contribution in [3.63, 3.8) is 0 Å². The summed E-state index contributed by atoms with van der Waals surface area (Å²) in [6, 6.07) is 0. The summed E-state index contributed by atoms with van der Waals surface area (Å²) in [5, 5.41) is 8.41. The Bertz CT molecular complexity index is 755. The van der Waals surface area contributed by atoms with E-state index in [-0.39, 0.29) is 24.8 Å². The van der Waals surface area contributed by atoms with Crippen LogP contribution in [-0.2, 0) is 13.0 Å². The van der Waals surface area contributed by atoms with Crippen molar-refractivity contribution in [1.29, 1.82) is 0 Å². The Morgan fingerprint density at radius 1 is 1.19 bits per heavy atom. The van der Waals surface area contributed by atoms with Crippen LogP contribution in [0.3, 0.4) is 0 Å². The lowest BCUT2D eigenvalue weighted by Gasteiger charge is -2.32. The van der Waals surface area contributed by atoms with Crippen LogP contribution in [0.4, 0.5) is 5.82 Å². The smallest absolute Gasteiger partial charge is 0.138 e. The van der Waals surface area contributed by atoms with E-state index in [1.165, 1.54) is 61.0 Å². The summed E-state index contributed by atoms with van der Waals surface area (Å²) in [7, 11) is 0. The molecule has 5 heterocycles. The Morgan fingerprint density at radius 2 is 2.00 bits per heavy atom. The summed E-state index contributed by atoms with van der Waals surface area (Å²) in [6.07, 6.45) is 9.57. The predicted molar refractivity (Wildman–Crippen MR) is 113 cm³/mol. The zero-order chi connectivity index (χ0) is 16.0. The number of halogens is 2. The topological polar surface area (TPSA) is 53.1 Å². The van der Waals surface area contributed by atoms with Crippen LogP contribution < -0.4 is 10.6 Å². The molecule has 5 rings (SSSR count). The van der Waals surface area contributed by atoms with Crippen LogP contribution in [0.15, 0.2) is 6.33 Å². The summed E-state index contributed by atoms with van der Waals surface area (Å²) in [5.41, 5.74) is 1.95. The van der Waals surface area contributed by atoms with Crippen molar-refractivity contribution in [1.82, 2.24) is 20.2 Å². The number of nitrogens with one attached hydrogen (secondary N) is 2. The highest BCUT2D eigenvalue weighted by atomic mass is 35.5. The molecule has 2 N–H and O–H groups in total. The van der Waals surface area contributed by atoms with E-state index in [2.05, 4.69) is 25.5 Å². The Hall–Kier alpha value is -0.660.